The Bertz CT molecular complexity index is 595. The van der Waals surface area contributed by atoms with Crippen molar-refractivity contribution in [1.82, 2.24) is 0 Å². The van der Waals surface area contributed by atoms with Gasteiger partial charge in [0.15, 0.2) is 0 Å². The first kappa shape index (κ1) is 16.4. The molecule has 0 saturated carbocycles. The van der Waals surface area contributed by atoms with Gasteiger partial charge >= 0.3 is 0 Å². The van der Waals surface area contributed by atoms with Gasteiger partial charge in [0, 0.05) is 9.89 Å². The van der Waals surface area contributed by atoms with Crippen molar-refractivity contribution >= 4 is 27.5 Å². The van der Waals surface area contributed by atoms with Gasteiger partial charge in [0.05, 0.1) is 12.0 Å². The molecule has 0 radical (unpaired) electrons. The van der Waals surface area contributed by atoms with Crippen LogP contribution >= 0.6 is 27.5 Å². The van der Waals surface area contributed by atoms with Crippen molar-refractivity contribution in [2.75, 3.05) is 6.61 Å². The first-order valence-corrected chi connectivity index (χ1v) is 8.31. The zero-order chi connectivity index (χ0) is 15.5. The maximum absolute atomic E-state index is 6.80. The van der Waals surface area contributed by atoms with Gasteiger partial charge in [0.1, 0.15) is 5.75 Å². The minimum absolute atomic E-state index is 0.134. The summed E-state index contributed by atoms with van der Waals surface area (Å²) in [7, 11) is 0. The lowest BCUT2D eigenvalue weighted by Gasteiger charge is -2.31. The zero-order valence-corrected chi connectivity index (χ0v) is 14.9. The zero-order valence-electron chi connectivity index (χ0n) is 12.6. The van der Waals surface area contributed by atoms with E-state index >= 15 is 0 Å². The minimum atomic E-state index is -0.168. The second kappa shape index (κ2) is 6.85. The standard InChI is InChI=1S/C18H20BrClO/c1-4-21-14-10-11-15(16(19)12-14)17(20)18(2,3)13-8-6-5-7-9-13/h5-12,17H,4H2,1-3H3. The van der Waals surface area contributed by atoms with Crippen molar-refractivity contribution < 1.29 is 4.74 Å². The van der Waals surface area contributed by atoms with Crippen molar-refractivity contribution in [3.63, 3.8) is 0 Å². The van der Waals surface area contributed by atoms with Gasteiger partial charge < -0.3 is 4.74 Å². The van der Waals surface area contributed by atoms with Crippen LogP contribution in [0.2, 0.25) is 0 Å². The van der Waals surface area contributed by atoms with Gasteiger partial charge in [-0.1, -0.05) is 66.2 Å². The topological polar surface area (TPSA) is 9.23 Å². The number of hydrogen-bond donors (Lipinski definition) is 0. The number of hydrogen-bond acceptors (Lipinski definition) is 1. The molecule has 0 saturated heterocycles. The van der Waals surface area contributed by atoms with E-state index in [4.69, 9.17) is 16.3 Å². The molecule has 2 aromatic rings. The SMILES string of the molecule is CCOc1ccc(C(Cl)C(C)(C)c2ccccc2)c(Br)c1. The second-order valence-corrected chi connectivity index (χ2v) is 6.86. The molecule has 21 heavy (non-hydrogen) atoms. The van der Waals surface area contributed by atoms with E-state index < -0.39 is 0 Å². The lowest BCUT2D eigenvalue weighted by molar-refractivity contribution is 0.340. The molecule has 1 unspecified atom stereocenters. The lowest BCUT2D eigenvalue weighted by atomic mass is 9.79. The summed E-state index contributed by atoms with van der Waals surface area (Å²) < 4.78 is 6.50. The minimum Gasteiger partial charge on any atom is -0.494 e. The van der Waals surface area contributed by atoms with Crippen LogP contribution in [0.5, 0.6) is 5.75 Å². The third-order valence-corrected chi connectivity index (χ3v) is 5.17. The highest BCUT2D eigenvalue weighted by atomic mass is 79.9. The van der Waals surface area contributed by atoms with Gasteiger partial charge in [0.2, 0.25) is 0 Å². The normalized spacial score (nSPS) is 13.0. The highest BCUT2D eigenvalue weighted by Gasteiger charge is 2.32. The van der Waals surface area contributed by atoms with E-state index in [-0.39, 0.29) is 10.8 Å². The molecule has 3 heteroatoms. The summed E-state index contributed by atoms with van der Waals surface area (Å²) in [5.41, 5.74) is 2.14. The van der Waals surface area contributed by atoms with Crippen LogP contribution in [0.1, 0.15) is 37.3 Å². The molecule has 0 N–H and O–H groups in total. The Morgan fingerprint density at radius 2 is 1.81 bits per heavy atom. The van der Waals surface area contributed by atoms with E-state index in [0.717, 1.165) is 15.8 Å². The lowest BCUT2D eigenvalue weighted by Crippen LogP contribution is -2.23. The molecule has 0 amide bonds. The van der Waals surface area contributed by atoms with Crippen molar-refractivity contribution in [3.05, 3.63) is 64.1 Å². The van der Waals surface area contributed by atoms with Crippen LogP contribution in [0.3, 0.4) is 0 Å². The van der Waals surface area contributed by atoms with E-state index in [0.29, 0.717) is 6.61 Å². The quantitative estimate of drug-likeness (QED) is 0.580. The molecule has 2 rings (SSSR count). The van der Waals surface area contributed by atoms with Crippen LogP contribution in [0, 0.1) is 0 Å². The Kier molecular flexibility index (Phi) is 5.34. The average Bonchev–Trinajstić information content (AvgIpc) is 2.48. The van der Waals surface area contributed by atoms with E-state index in [2.05, 4.69) is 41.9 Å². The Labute approximate surface area is 140 Å². The van der Waals surface area contributed by atoms with Crippen LogP contribution in [0.25, 0.3) is 0 Å². The summed E-state index contributed by atoms with van der Waals surface area (Å²) in [6, 6.07) is 16.4. The number of rotatable bonds is 5. The predicted molar refractivity (Wildman–Crippen MR) is 93.4 cm³/mol. The number of ether oxygens (including phenoxy) is 1. The highest BCUT2D eigenvalue weighted by molar-refractivity contribution is 9.10. The number of halogens is 2. The molecular weight excluding hydrogens is 348 g/mol. The molecule has 0 aliphatic heterocycles. The third-order valence-electron chi connectivity index (χ3n) is 3.71. The van der Waals surface area contributed by atoms with Gasteiger partial charge in [-0.15, -0.1) is 11.6 Å². The molecule has 0 heterocycles. The molecule has 1 nitrogen and oxygen atoms in total. The van der Waals surface area contributed by atoms with E-state index in [1.165, 1.54) is 5.56 Å². The van der Waals surface area contributed by atoms with Crippen molar-refractivity contribution in [2.45, 2.75) is 31.6 Å². The van der Waals surface area contributed by atoms with Crippen molar-refractivity contribution in [1.29, 1.82) is 0 Å². The first-order valence-electron chi connectivity index (χ1n) is 7.08. The number of benzene rings is 2. The van der Waals surface area contributed by atoms with E-state index in [1.54, 1.807) is 0 Å². The first-order chi connectivity index (χ1) is 9.96. The maximum atomic E-state index is 6.80. The van der Waals surface area contributed by atoms with Gasteiger partial charge in [-0.2, -0.15) is 0 Å². The fraction of sp³-hybridized carbons (Fsp3) is 0.333. The van der Waals surface area contributed by atoms with Gasteiger partial charge in [-0.25, -0.2) is 0 Å². The molecule has 2 aromatic carbocycles. The predicted octanol–water partition coefficient (Wildman–Crippen LogP) is 6.11. The van der Waals surface area contributed by atoms with Gasteiger partial charge in [-0.3, -0.25) is 0 Å². The van der Waals surface area contributed by atoms with Crippen LogP contribution in [-0.2, 0) is 5.41 Å². The largest absolute Gasteiger partial charge is 0.494 e. The Morgan fingerprint density at radius 1 is 1.14 bits per heavy atom. The van der Waals surface area contributed by atoms with Crippen LogP contribution in [-0.4, -0.2) is 6.61 Å². The average molecular weight is 368 g/mol. The van der Waals surface area contributed by atoms with E-state index in [9.17, 15) is 0 Å². The van der Waals surface area contributed by atoms with Gasteiger partial charge in [-0.05, 0) is 30.2 Å². The summed E-state index contributed by atoms with van der Waals surface area (Å²) in [5.74, 6) is 0.856. The van der Waals surface area contributed by atoms with Crippen LogP contribution in [0.15, 0.2) is 53.0 Å². The molecule has 0 aromatic heterocycles. The third kappa shape index (κ3) is 3.61. The van der Waals surface area contributed by atoms with Gasteiger partial charge in [0.25, 0.3) is 0 Å². The van der Waals surface area contributed by atoms with Crippen LogP contribution < -0.4 is 4.74 Å². The summed E-state index contributed by atoms with van der Waals surface area (Å²) in [5, 5.41) is -0.134. The smallest absolute Gasteiger partial charge is 0.120 e. The van der Waals surface area contributed by atoms with Crippen molar-refractivity contribution in [3.8, 4) is 5.75 Å². The summed E-state index contributed by atoms with van der Waals surface area (Å²) in [6.07, 6.45) is 0. The fourth-order valence-corrected chi connectivity index (χ4v) is 3.41. The summed E-state index contributed by atoms with van der Waals surface area (Å²) in [6.45, 7) is 6.97. The Hall–Kier alpha value is -0.990. The monoisotopic (exact) mass is 366 g/mol. The summed E-state index contributed by atoms with van der Waals surface area (Å²) in [4.78, 5) is 0. The van der Waals surface area contributed by atoms with E-state index in [1.807, 2.05) is 43.3 Å². The molecule has 0 fully saturated rings. The Balaban J connectivity index is 2.33. The highest BCUT2D eigenvalue weighted by Crippen LogP contribution is 2.44. The molecule has 0 spiro atoms. The number of alkyl halides is 1. The molecular formula is C18H20BrClO. The molecule has 0 bridgehead atoms. The second-order valence-electron chi connectivity index (χ2n) is 5.57. The molecule has 1 atom stereocenters. The fourth-order valence-electron chi connectivity index (χ4n) is 2.37. The van der Waals surface area contributed by atoms with Crippen molar-refractivity contribution in [2.24, 2.45) is 0 Å². The molecule has 112 valence electrons. The summed E-state index contributed by atoms with van der Waals surface area (Å²) >= 11 is 10.4. The maximum Gasteiger partial charge on any atom is 0.120 e. The molecule has 0 aliphatic carbocycles. The Morgan fingerprint density at radius 3 is 2.38 bits per heavy atom. The molecule has 0 aliphatic rings. The van der Waals surface area contributed by atoms with Crippen LogP contribution in [0.4, 0.5) is 0 Å².